The van der Waals surface area contributed by atoms with Gasteiger partial charge in [0.25, 0.3) is 0 Å². The Balaban J connectivity index is 2.92. The van der Waals surface area contributed by atoms with Gasteiger partial charge in [0.05, 0.1) is 14.7 Å². The molecule has 1 unspecified atom stereocenters. The minimum Gasteiger partial charge on any atom is -0.236 e. The van der Waals surface area contributed by atoms with Gasteiger partial charge in [0.2, 0.25) is 0 Å². The summed E-state index contributed by atoms with van der Waals surface area (Å²) >= 11 is 0. The predicted octanol–water partition coefficient (Wildman–Crippen LogP) is 3.08. The first-order chi connectivity index (χ1) is 6.05. The third-order valence-corrected chi connectivity index (χ3v) is 5.00. The molecule has 0 amide bonds. The van der Waals surface area contributed by atoms with Gasteiger partial charge in [-0.15, -0.1) is 0 Å². The maximum atomic E-state index is 11.1. The van der Waals surface area contributed by atoms with Crippen LogP contribution in [-0.2, 0) is 5.11 Å². The molecule has 0 aliphatic heterocycles. The second kappa shape index (κ2) is 4.07. The van der Waals surface area contributed by atoms with Gasteiger partial charge in [-0.25, -0.2) is 5.11 Å². The predicted molar refractivity (Wildman–Crippen MR) is 58.1 cm³/mol. The van der Waals surface area contributed by atoms with Gasteiger partial charge in [0.15, 0.2) is 0 Å². The summed E-state index contributed by atoms with van der Waals surface area (Å²) in [5.41, 5.74) is 1.48. The molecule has 1 atom stereocenters. The smallest absolute Gasteiger partial charge is 0.0866 e. The zero-order valence-corrected chi connectivity index (χ0v) is 9.58. The highest BCUT2D eigenvalue weighted by Gasteiger charge is 2.27. The zero-order chi connectivity index (χ0) is 9.90. The van der Waals surface area contributed by atoms with Crippen LogP contribution in [-0.4, -0.2) is 14.7 Å². The van der Waals surface area contributed by atoms with E-state index in [9.17, 15) is 5.11 Å². The zero-order valence-electron chi connectivity index (χ0n) is 8.58. The monoisotopic (exact) mass is 193 g/mol. The van der Waals surface area contributed by atoms with Gasteiger partial charge >= 0.3 is 0 Å². The molecule has 0 heterocycles. The standard InChI is InChI=1S/C11H17OSi/c1-13(2,3)11(9-12)10-7-5-4-6-8-10/h4-8,11H,9H2,1-3H3. The van der Waals surface area contributed by atoms with Gasteiger partial charge < -0.3 is 0 Å². The minimum absolute atomic E-state index is 0.0275. The lowest BCUT2D eigenvalue weighted by molar-refractivity contribution is 0.190. The van der Waals surface area contributed by atoms with E-state index in [1.54, 1.807) is 0 Å². The highest BCUT2D eigenvalue weighted by molar-refractivity contribution is 6.77. The first kappa shape index (κ1) is 10.5. The molecule has 0 N–H and O–H groups in total. The number of hydrogen-bond donors (Lipinski definition) is 0. The summed E-state index contributed by atoms with van der Waals surface area (Å²) < 4.78 is 0. The van der Waals surface area contributed by atoms with Crippen molar-refractivity contribution in [2.45, 2.75) is 25.2 Å². The molecular formula is C11H17OSi. The van der Waals surface area contributed by atoms with Crippen LogP contribution in [0.5, 0.6) is 0 Å². The quantitative estimate of drug-likeness (QED) is 0.657. The van der Waals surface area contributed by atoms with E-state index in [1.807, 2.05) is 18.2 Å². The fourth-order valence-electron chi connectivity index (χ4n) is 1.53. The van der Waals surface area contributed by atoms with Crippen molar-refractivity contribution in [3.63, 3.8) is 0 Å². The molecule has 1 aromatic rings. The van der Waals surface area contributed by atoms with Crippen LogP contribution < -0.4 is 0 Å². The summed E-state index contributed by atoms with van der Waals surface area (Å²) in [6, 6.07) is 10.2. The molecule has 0 saturated carbocycles. The molecule has 0 aromatic heterocycles. The van der Waals surface area contributed by atoms with Crippen molar-refractivity contribution in [1.29, 1.82) is 0 Å². The first-order valence-electron chi connectivity index (χ1n) is 4.68. The molecule has 71 valence electrons. The molecule has 0 spiro atoms. The van der Waals surface area contributed by atoms with E-state index >= 15 is 0 Å². The van der Waals surface area contributed by atoms with Gasteiger partial charge in [-0.1, -0.05) is 50.0 Å². The normalized spacial score (nSPS) is 14.2. The van der Waals surface area contributed by atoms with Crippen molar-refractivity contribution < 1.29 is 5.11 Å². The fourth-order valence-corrected chi connectivity index (χ4v) is 3.22. The molecular weight excluding hydrogens is 176 g/mol. The molecule has 0 aliphatic carbocycles. The van der Waals surface area contributed by atoms with E-state index in [2.05, 4.69) is 31.8 Å². The second-order valence-corrected chi connectivity index (χ2v) is 9.92. The van der Waals surface area contributed by atoms with Crippen LogP contribution in [0.15, 0.2) is 30.3 Å². The van der Waals surface area contributed by atoms with Crippen molar-refractivity contribution in [1.82, 2.24) is 0 Å². The van der Waals surface area contributed by atoms with Crippen LogP contribution in [0.2, 0.25) is 19.6 Å². The van der Waals surface area contributed by atoms with E-state index in [1.165, 1.54) is 5.56 Å². The van der Waals surface area contributed by atoms with Crippen molar-refractivity contribution >= 4 is 8.07 Å². The van der Waals surface area contributed by atoms with Crippen LogP contribution in [0.4, 0.5) is 0 Å². The lowest BCUT2D eigenvalue weighted by atomic mass is 10.1. The number of hydrogen-bond acceptors (Lipinski definition) is 0. The van der Waals surface area contributed by atoms with Crippen LogP contribution in [0.1, 0.15) is 11.1 Å². The molecule has 0 bridgehead atoms. The van der Waals surface area contributed by atoms with E-state index in [4.69, 9.17) is 0 Å². The Morgan fingerprint density at radius 1 is 1.15 bits per heavy atom. The lowest BCUT2D eigenvalue weighted by Crippen LogP contribution is -2.33. The molecule has 0 saturated heterocycles. The van der Waals surface area contributed by atoms with Crippen molar-refractivity contribution in [2.24, 2.45) is 0 Å². The second-order valence-electron chi connectivity index (χ2n) is 4.50. The van der Waals surface area contributed by atoms with E-state index in [0.29, 0.717) is 0 Å². The van der Waals surface area contributed by atoms with E-state index in [-0.39, 0.29) is 12.1 Å². The topological polar surface area (TPSA) is 19.9 Å². The van der Waals surface area contributed by atoms with Crippen LogP contribution in [0.3, 0.4) is 0 Å². The Bertz CT molecular complexity index is 251. The Hall–Kier alpha value is -0.603. The SMILES string of the molecule is C[Si](C)(C)C(C[O])c1ccccc1. The van der Waals surface area contributed by atoms with Gasteiger partial charge in [-0.2, -0.15) is 0 Å². The summed E-state index contributed by atoms with van der Waals surface area (Å²) in [6.07, 6.45) is 0. The highest BCUT2D eigenvalue weighted by atomic mass is 28.3. The third-order valence-electron chi connectivity index (χ3n) is 2.41. The molecule has 1 rings (SSSR count). The average Bonchev–Trinajstić information content (AvgIpc) is 2.05. The van der Waals surface area contributed by atoms with Gasteiger partial charge in [-0.3, -0.25) is 0 Å². The average molecular weight is 193 g/mol. The molecule has 13 heavy (non-hydrogen) atoms. The maximum Gasteiger partial charge on any atom is 0.0866 e. The lowest BCUT2D eigenvalue weighted by Gasteiger charge is -2.26. The van der Waals surface area contributed by atoms with Crippen molar-refractivity contribution in [3.8, 4) is 0 Å². The van der Waals surface area contributed by atoms with Gasteiger partial charge in [-0.05, 0) is 5.56 Å². The highest BCUT2D eigenvalue weighted by Crippen LogP contribution is 2.26. The Morgan fingerprint density at radius 3 is 2.08 bits per heavy atom. The van der Waals surface area contributed by atoms with Crippen LogP contribution in [0, 0.1) is 0 Å². The minimum atomic E-state index is -1.34. The fraction of sp³-hybridized carbons (Fsp3) is 0.455. The Labute approximate surface area is 81.4 Å². The van der Waals surface area contributed by atoms with Crippen LogP contribution in [0.25, 0.3) is 0 Å². The summed E-state index contributed by atoms with van der Waals surface area (Å²) in [7, 11) is -1.34. The summed E-state index contributed by atoms with van der Waals surface area (Å²) in [5.74, 6) is 0. The van der Waals surface area contributed by atoms with E-state index in [0.717, 1.165) is 0 Å². The molecule has 2 heteroatoms. The van der Waals surface area contributed by atoms with Crippen molar-refractivity contribution in [3.05, 3.63) is 35.9 Å². The third kappa shape index (κ3) is 2.67. The number of benzene rings is 1. The largest absolute Gasteiger partial charge is 0.236 e. The molecule has 1 nitrogen and oxygen atoms in total. The molecule has 0 aliphatic rings. The first-order valence-corrected chi connectivity index (χ1v) is 8.26. The summed E-state index contributed by atoms with van der Waals surface area (Å²) in [6.45, 7) is 6.79. The summed E-state index contributed by atoms with van der Waals surface area (Å²) in [5, 5.41) is 11.1. The summed E-state index contributed by atoms with van der Waals surface area (Å²) in [4.78, 5) is 0. The Morgan fingerprint density at radius 2 is 1.69 bits per heavy atom. The van der Waals surface area contributed by atoms with Crippen LogP contribution >= 0.6 is 0 Å². The maximum absolute atomic E-state index is 11.1. The Kier molecular flexibility index (Phi) is 3.28. The van der Waals surface area contributed by atoms with Gasteiger partial charge in [0.1, 0.15) is 0 Å². The molecule has 1 aromatic carbocycles. The molecule has 1 radical (unpaired) electrons. The van der Waals surface area contributed by atoms with Gasteiger partial charge in [0, 0.05) is 5.54 Å². The van der Waals surface area contributed by atoms with E-state index < -0.39 is 8.07 Å². The van der Waals surface area contributed by atoms with Crippen molar-refractivity contribution in [2.75, 3.05) is 6.61 Å². The number of rotatable bonds is 3. The molecule has 0 fully saturated rings.